The third-order valence-corrected chi connectivity index (χ3v) is 2.45. The molecule has 0 amide bonds. The fourth-order valence-electron chi connectivity index (χ4n) is 1.91. The van der Waals surface area contributed by atoms with Crippen molar-refractivity contribution in [1.82, 2.24) is 10.2 Å². The van der Waals surface area contributed by atoms with Gasteiger partial charge in [0.05, 0.1) is 0 Å². The number of nitrogens with two attached hydrogens (primary N) is 1. The van der Waals surface area contributed by atoms with Gasteiger partial charge in [-0.3, -0.25) is 14.2 Å². The van der Waals surface area contributed by atoms with Crippen LogP contribution in [0.3, 0.4) is 0 Å². The summed E-state index contributed by atoms with van der Waals surface area (Å²) in [4.78, 5) is 2.61. The minimum atomic E-state index is -2.36. The highest BCUT2D eigenvalue weighted by Gasteiger charge is 2.25. The van der Waals surface area contributed by atoms with Crippen LogP contribution in [0, 0.1) is 0 Å². The maximum atomic E-state index is 8.78. The molecule has 2 heterocycles. The quantitative estimate of drug-likeness (QED) is 0.487. The van der Waals surface area contributed by atoms with Crippen LogP contribution in [-0.2, 0) is 11.3 Å². The molecule has 3 N–H and O–H groups in total. The van der Waals surface area contributed by atoms with Gasteiger partial charge >= 0.3 is 0 Å². The third kappa shape index (κ3) is 4.15. The smallest absolute Gasteiger partial charge is 0.0221 e. The van der Waals surface area contributed by atoms with E-state index < -0.39 is 11.3 Å². The minimum Gasteiger partial charge on any atom is -0.760 e. The molecule has 2 fully saturated rings. The highest BCUT2D eigenvalue weighted by molar-refractivity contribution is 7.76. The predicted octanol–water partition coefficient (Wildman–Crippen LogP) is -1.21. The normalized spacial score (nSPS) is 30.2. The molecular formula is C7H16N3O2S-. The summed E-state index contributed by atoms with van der Waals surface area (Å²) in [6, 6.07) is 0.888. The third-order valence-electron chi connectivity index (χ3n) is 2.45. The average Bonchev–Trinajstić information content (AvgIpc) is 2.49. The first kappa shape index (κ1) is 11.1. The van der Waals surface area contributed by atoms with Gasteiger partial charge in [-0.25, -0.2) is 0 Å². The topological polar surface area (TPSA) is 81.4 Å². The van der Waals surface area contributed by atoms with Crippen LogP contribution in [0.2, 0.25) is 0 Å². The Hall–Kier alpha value is -0.0100. The first-order chi connectivity index (χ1) is 6.20. The van der Waals surface area contributed by atoms with E-state index in [9.17, 15) is 0 Å². The van der Waals surface area contributed by atoms with Crippen molar-refractivity contribution >= 4 is 11.3 Å². The minimum absolute atomic E-state index is 0.888. The number of hydrogen-bond acceptors (Lipinski definition) is 4. The molecule has 0 spiro atoms. The summed E-state index contributed by atoms with van der Waals surface area (Å²) in [7, 11) is 0. The van der Waals surface area contributed by atoms with Gasteiger partial charge in [0.1, 0.15) is 0 Å². The molecule has 5 nitrogen and oxygen atoms in total. The van der Waals surface area contributed by atoms with Crippen LogP contribution in [0.4, 0.5) is 0 Å². The monoisotopic (exact) mass is 206 g/mol. The standard InChI is InChI=1S/C7H14N2.H3NO2S/c1-2-7-6-8-3-5-9(7)4-1;1-4(2)3/h7-8H,1-6H2;1H2,(H,2,3)/p-1. The van der Waals surface area contributed by atoms with E-state index in [0.29, 0.717) is 0 Å². The van der Waals surface area contributed by atoms with Crippen LogP contribution in [0.5, 0.6) is 0 Å². The number of piperazine rings is 1. The molecule has 2 aliphatic rings. The van der Waals surface area contributed by atoms with Gasteiger partial charge in [0.2, 0.25) is 0 Å². The van der Waals surface area contributed by atoms with E-state index in [1.807, 2.05) is 0 Å². The van der Waals surface area contributed by atoms with E-state index in [0.717, 1.165) is 6.04 Å². The van der Waals surface area contributed by atoms with E-state index in [-0.39, 0.29) is 0 Å². The van der Waals surface area contributed by atoms with E-state index in [4.69, 9.17) is 8.76 Å². The van der Waals surface area contributed by atoms with Gasteiger partial charge in [-0.05, 0) is 19.4 Å². The van der Waals surface area contributed by atoms with Crippen molar-refractivity contribution in [3.8, 4) is 0 Å². The van der Waals surface area contributed by atoms with Crippen LogP contribution in [0.25, 0.3) is 0 Å². The molecule has 0 aromatic rings. The van der Waals surface area contributed by atoms with Crippen LogP contribution in [0.1, 0.15) is 12.8 Å². The SMILES string of the molecule is C1CC2CNCCN2C1.NS(=O)[O-]. The lowest BCUT2D eigenvalue weighted by molar-refractivity contribution is 0.212. The zero-order valence-electron chi connectivity index (χ0n) is 7.57. The molecule has 2 rings (SSSR count). The molecule has 2 saturated heterocycles. The lowest BCUT2D eigenvalue weighted by Gasteiger charge is -2.29. The number of nitrogens with one attached hydrogen (secondary N) is 1. The van der Waals surface area contributed by atoms with Crippen molar-refractivity contribution < 1.29 is 8.76 Å². The zero-order chi connectivity index (χ0) is 9.68. The molecule has 0 saturated carbocycles. The van der Waals surface area contributed by atoms with Crippen LogP contribution in [-0.4, -0.2) is 45.9 Å². The van der Waals surface area contributed by atoms with Crippen molar-refractivity contribution in [2.45, 2.75) is 18.9 Å². The number of hydrogen-bond donors (Lipinski definition) is 2. The van der Waals surface area contributed by atoms with Crippen LogP contribution < -0.4 is 10.5 Å². The lowest BCUT2D eigenvalue weighted by Crippen LogP contribution is -2.47. The number of rotatable bonds is 0. The molecule has 6 heteroatoms. The van der Waals surface area contributed by atoms with Crippen molar-refractivity contribution in [3.05, 3.63) is 0 Å². The van der Waals surface area contributed by atoms with Crippen molar-refractivity contribution in [2.24, 2.45) is 5.14 Å². The first-order valence-electron chi connectivity index (χ1n) is 4.48. The van der Waals surface area contributed by atoms with E-state index in [1.54, 1.807) is 0 Å². The maximum Gasteiger partial charge on any atom is 0.0221 e. The molecule has 2 unspecified atom stereocenters. The Balaban J connectivity index is 0.000000184. The predicted molar refractivity (Wildman–Crippen MR) is 50.6 cm³/mol. The molecule has 78 valence electrons. The second-order valence-electron chi connectivity index (χ2n) is 3.30. The lowest BCUT2D eigenvalue weighted by atomic mass is 10.2. The number of nitrogens with zero attached hydrogens (tertiary/aromatic N) is 1. The summed E-state index contributed by atoms with van der Waals surface area (Å²) < 4.78 is 17.6. The first-order valence-corrected chi connectivity index (χ1v) is 5.62. The van der Waals surface area contributed by atoms with E-state index in [2.05, 4.69) is 15.4 Å². The molecule has 0 aromatic heterocycles. The van der Waals surface area contributed by atoms with E-state index >= 15 is 0 Å². The van der Waals surface area contributed by atoms with Gasteiger partial charge in [0, 0.05) is 36.9 Å². The Bertz CT molecular complexity index is 163. The van der Waals surface area contributed by atoms with Gasteiger partial charge in [0.15, 0.2) is 0 Å². The average molecular weight is 206 g/mol. The summed E-state index contributed by atoms with van der Waals surface area (Å²) >= 11 is -2.36. The Morgan fingerprint density at radius 3 is 2.85 bits per heavy atom. The highest BCUT2D eigenvalue weighted by atomic mass is 32.2. The van der Waals surface area contributed by atoms with Crippen molar-refractivity contribution in [3.63, 3.8) is 0 Å². The second kappa shape index (κ2) is 5.66. The Kier molecular flexibility index (Phi) is 4.82. The molecular weight excluding hydrogens is 190 g/mol. The van der Waals surface area contributed by atoms with Gasteiger partial charge in [0.25, 0.3) is 0 Å². The van der Waals surface area contributed by atoms with Gasteiger partial charge in [-0.15, -0.1) is 0 Å². The molecule has 0 aromatic carbocycles. The summed E-state index contributed by atoms with van der Waals surface area (Å²) in [5.74, 6) is 0. The fourth-order valence-corrected chi connectivity index (χ4v) is 1.91. The summed E-state index contributed by atoms with van der Waals surface area (Å²) in [6.07, 6.45) is 2.85. The Morgan fingerprint density at radius 1 is 1.54 bits per heavy atom. The summed E-state index contributed by atoms with van der Waals surface area (Å²) in [5, 5.41) is 7.44. The van der Waals surface area contributed by atoms with Gasteiger partial charge in [-0.1, -0.05) is 0 Å². The van der Waals surface area contributed by atoms with Crippen LogP contribution in [0.15, 0.2) is 0 Å². The number of fused-ring (bicyclic) bond motifs is 1. The molecule has 13 heavy (non-hydrogen) atoms. The molecule has 0 aliphatic carbocycles. The highest BCUT2D eigenvalue weighted by Crippen LogP contribution is 2.17. The van der Waals surface area contributed by atoms with E-state index in [1.165, 1.54) is 39.0 Å². The molecule has 2 aliphatic heterocycles. The zero-order valence-corrected chi connectivity index (χ0v) is 8.39. The van der Waals surface area contributed by atoms with Gasteiger partial charge in [-0.2, -0.15) is 0 Å². The van der Waals surface area contributed by atoms with Gasteiger partial charge < -0.3 is 9.87 Å². The van der Waals surface area contributed by atoms with Crippen molar-refractivity contribution in [2.75, 3.05) is 26.2 Å². The second-order valence-corrected chi connectivity index (χ2v) is 3.82. The molecule has 0 radical (unpaired) electrons. The Labute approximate surface area is 81.1 Å². The Morgan fingerprint density at radius 2 is 2.23 bits per heavy atom. The molecule has 2 atom stereocenters. The fraction of sp³-hybridized carbons (Fsp3) is 1.00. The van der Waals surface area contributed by atoms with Crippen LogP contribution >= 0.6 is 0 Å². The summed E-state index contributed by atoms with van der Waals surface area (Å²) in [6.45, 7) is 5.08. The largest absolute Gasteiger partial charge is 0.760 e. The maximum absolute atomic E-state index is 8.78. The summed E-state index contributed by atoms with van der Waals surface area (Å²) in [5.41, 5.74) is 0. The molecule has 0 bridgehead atoms. The van der Waals surface area contributed by atoms with Crippen molar-refractivity contribution in [1.29, 1.82) is 0 Å².